The molecule has 2 aliphatic heterocycles. The van der Waals surface area contributed by atoms with Gasteiger partial charge in [-0.2, -0.15) is 5.10 Å². The van der Waals surface area contributed by atoms with Crippen molar-refractivity contribution in [1.29, 1.82) is 0 Å². The monoisotopic (exact) mass is 569 g/mol. The van der Waals surface area contributed by atoms with Gasteiger partial charge in [-0.25, -0.2) is 18.4 Å². The summed E-state index contributed by atoms with van der Waals surface area (Å²) in [6.07, 6.45) is 2.93. The first-order chi connectivity index (χ1) is 19.7. The summed E-state index contributed by atoms with van der Waals surface area (Å²) in [6, 6.07) is 12.4. The van der Waals surface area contributed by atoms with Crippen LogP contribution in [0.1, 0.15) is 59.2 Å². The fourth-order valence-electron chi connectivity index (χ4n) is 6.57. The Balaban J connectivity index is 1.10. The van der Waals surface area contributed by atoms with E-state index in [-0.39, 0.29) is 23.3 Å². The normalized spacial score (nSPS) is 24.5. The highest BCUT2D eigenvalue weighted by molar-refractivity contribution is 7.91. The first kappa shape index (κ1) is 24.8. The highest BCUT2D eigenvalue weighted by Gasteiger charge is 2.65. The molecule has 41 heavy (non-hydrogen) atoms. The van der Waals surface area contributed by atoms with Crippen molar-refractivity contribution in [3.63, 3.8) is 0 Å². The molecule has 0 radical (unpaired) electrons. The van der Waals surface area contributed by atoms with Crippen LogP contribution in [-0.2, 0) is 20.0 Å². The lowest BCUT2D eigenvalue weighted by Crippen LogP contribution is -2.41. The lowest BCUT2D eigenvalue weighted by Gasteiger charge is -2.29. The number of H-pyrrole nitrogens is 1. The van der Waals surface area contributed by atoms with E-state index in [1.807, 2.05) is 19.1 Å². The van der Waals surface area contributed by atoms with Crippen LogP contribution in [0.25, 0.3) is 10.9 Å². The number of aromatic nitrogens is 4. The van der Waals surface area contributed by atoms with Gasteiger partial charge in [0, 0.05) is 41.6 Å². The van der Waals surface area contributed by atoms with E-state index in [0.717, 1.165) is 69.7 Å². The van der Waals surface area contributed by atoms with Crippen molar-refractivity contribution in [1.82, 2.24) is 20.2 Å². The number of fused-ring (bicyclic) bond motifs is 3. The predicted octanol–water partition coefficient (Wildman–Crippen LogP) is 4.20. The average Bonchev–Trinajstić information content (AvgIpc) is 3.86. The first-order valence-corrected chi connectivity index (χ1v) is 16.1. The Hall–Kier alpha value is -3.99. The van der Waals surface area contributed by atoms with Crippen molar-refractivity contribution < 1.29 is 13.2 Å². The van der Waals surface area contributed by atoms with Gasteiger partial charge in [-0.1, -0.05) is 23.8 Å². The number of anilines is 4. The Morgan fingerprint density at radius 3 is 2.61 bits per heavy atom. The largest absolute Gasteiger partial charge is 0.354 e. The number of aromatic amines is 1. The molecule has 3 fully saturated rings. The smallest absolute Gasteiger partial charge is 0.235 e. The summed E-state index contributed by atoms with van der Waals surface area (Å²) in [6.45, 7) is 4.90. The molecule has 4 aliphatic rings. The Morgan fingerprint density at radius 2 is 1.83 bits per heavy atom. The summed E-state index contributed by atoms with van der Waals surface area (Å²) in [7, 11) is -3.00. The standard InChI is InChI=1S/C30H31N7O3S/c1-16-3-8-23-21(13-16)30(29(38)31-23)15-22(30)19-6-7-20-24(14-19)35-36-27(20)33-25-17(2)28(34-26(32-25)18-4-5-18)37-9-11-41(39,40)12-10-37/h3,6-8,13-14,18,22H,4-5,9-12,15H2,1-2H3,(H,31,38)(H2,32,33,34,35,36)/t22-,30-/m0/s1. The van der Waals surface area contributed by atoms with E-state index in [1.54, 1.807) is 0 Å². The van der Waals surface area contributed by atoms with E-state index in [1.165, 1.54) is 0 Å². The Bertz CT molecular complexity index is 1870. The highest BCUT2D eigenvalue weighted by Crippen LogP contribution is 2.65. The van der Waals surface area contributed by atoms with Gasteiger partial charge in [-0.3, -0.25) is 9.89 Å². The number of amides is 1. The molecule has 3 N–H and O–H groups in total. The number of sulfone groups is 1. The zero-order chi connectivity index (χ0) is 28.1. The van der Waals surface area contributed by atoms with Crippen molar-refractivity contribution in [3.05, 3.63) is 64.5 Å². The summed E-state index contributed by atoms with van der Waals surface area (Å²) in [5.41, 5.74) is 5.59. The number of nitrogens with one attached hydrogen (secondary N) is 3. The number of nitrogens with zero attached hydrogens (tertiary/aromatic N) is 4. The SMILES string of the molecule is Cc1ccc2c(c1)[C@]1(C[C@H]1c1ccc3c(Nc4nc(C5CC5)nc(N5CCS(=O)(=O)CC5)c4C)n[nH]c3c1)C(=O)N2. The number of hydrogen-bond acceptors (Lipinski definition) is 8. The Labute approximate surface area is 237 Å². The minimum Gasteiger partial charge on any atom is -0.354 e. The molecule has 8 rings (SSSR count). The molecule has 0 bridgehead atoms. The summed E-state index contributed by atoms with van der Waals surface area (Å²) in [5, 5.41) is 15.2. The molecule has 0 unspecified atom stereocenters. The molecule has 10 nitrogen and oxygen atoms in total. The van der Waals surface area contributed by atoms with Crippen molar-refractivity contribution in [2.75, 3.05) is 40.1 Å². The molecule has 4 heterocycles. The van der Waals surface area contributed by atoms with E-state index in [4.69, 9.17) is 9.97 Å². The maximum Gasteiger partial charge on any atom is 0.235 e. The molecule has 1 spiro atoms. The number of benzene rings is 2. The number of carbonyl (C=O) groups excluding carboxylic acids is 1. The predicted molar refractivity (Wildman–Crippen MR) is 158 cm³/mol. The van der Waals surface area contributed by atoms with Gasteiger partial charge in [-0.05, 0) is 62.4 Å². The lowest BCUT2D eigenvalue weighted by molar-refractivity contribution is -0.118. The van der Waals surface area contributed by atoms with Crippen LogP contribution in [0.5, 0.6) is 0 Å². The summed E-state index contributed by atoms with van der Waals surface area (Å²) < 4.78 is 24.0. The van der Waals surface area contributed by atoms with E-state index in [9.17, 15) is 13.2 Å². The molecular weight excluding hydrogens is 538 g/mol. The summed E-state index contributed by atoms with van der Waals surface area (Å²) >= 11 is 0. The molecule has 2 aliphatic carbocycles. The van der Waals surface area contributed by atoms with Gasteiger partial charge in [0.1, 0.15) is 17.5 Å². The molecule has 2 aromatic heterocycles. The molecule has 4 aromatic rings. The van der Waals surface area contributed by atoms with Gasteiger partial charge in [-0.15, -0.1) is 0 Å². The van der Waals surface area contributed by atoms with Crippen LogP contribution in [0.3, 0.4) is 0 Å². The van der Waals surface area contributed by atoms with Gasteiger partial charge in [0.2, 0.25) is 5.91 Å². The second-order valence-electron chi connectivity index (χ2n) is 12.0. The average molecular weight is 570 g/mol. The van der Waals surface area contributed by atoms with Crippen LogP contribution in [0.2, 0.25) is 0 Å². The van der Waals surface area contributed by atoms with Gasteiger partial charge < -0.3 is 15.5 Å². The molecule has 11 heteroatoms. The van der Waals surface area contributed by atoms with Gasteiger partial charge in [0.15, 0.2) is 15.7 Å². The maximum absolute atomic E-state index is 13.1. The van der Waals surface area contributed by atoms with Crippen LogP contribution in [0.4, 0.5) is 23.1 Å². The zero-order valence-corrected chi connectivity index (χ0v) is 23.8. The molecular formula is C30H31N7O3S. The van der Waals surface area contributed by atoms with Crippen LogP contribution < -0.4 is 15.5 Å². The van der Waals surface area contributed by atoms with Crippen molar-refractivity contribution in [2.45, 2.75) is 50.4 Å². The van der Waals surface area contributed by atoms with Crippen LogP contribution in [-0.4, -0.2) is 59.1 Å². The van der Waals surface area contributed by atoms with Crippen LogP contribution in [0, 0.1) is 13.8 Å². The molecule has 210 valence electrons. The van der Waals surface area contributed by atoms with E-state index in [0.29, 0.717) is 30.6 Å². The van der Waals surface area contributed by atoms with Crippen LogP contribution in [0.15, 0.2) is 36.4 Å². The van der Waals surface area contributed by atoms with Crippen molar-refractivity contribution in [2.24, 2.45) is 0 Å². The van der Waals surface area contributed by atoms with Crippen LogP contribution >= 0.6 is 0 Å². The zero-order valence-electron chi connectivity index (χ0n) is 23.0. The minimum atomic E-state index is -3.00. The van der Waals surface area contributed by atoms with Gasteiger partial charge in [0.25, 0.3) is 0 Å². The third-order valence-electron chi connectivity index (χ3n) is 9.22. The van der Waals surface area contributed by atoms with Crippen molar-refractivity contribution >= 4 is 49.8 Å². The Morgan fingerprint density at radius 1 is 1.02 bits per heavy atom. The number of hydrogen-bond donors (Lipinski definition) is 3. The fourth-order valence-corrected chi connectivity index (χ4v) is 7.77. The van der Waals surface area contributed by atoms with E-state index < -0.39 is 15.3 Å². The molecule has 1 saturated heterocycles. The molecule has 2 aromatic carbocycles. The minimum absolute atomic E-state index is 0.0861. The second-order valence-corrected chi connectivity index (χ2v) is 14.3. The first-order valence-electron chi connectivity index (χ1n) is 14.2. The lowest BCUT2D eigenvalue weighted by atomic mass is 9.91. The maximum atomic E-state index is 13.1. The molecule has 2 atom stereocenters. The highest BCUT2D eigenvalue weighted by atomic mass is 32.2. The summed E-state index contributed by atoms with van der Waals surface area (Å²) in [5.74, 6) is 3.79. The molecule has 1 amide bonds. The van der Waals surface area contributed by atoms with E-state index in [2.05, 4.69) is 56.9 Å². The van der Waals surface area contributed by atoms with Gasteiger partial charge >= 0.3 is 0 Å². The van der Waals surface area contributed by atoms with Gasteiger partial charge in [0.05, 0.1) is 22.4 Å². The number of aryl methyl sites for hydroxylation is 1. The van der Waals surface area contributed by atoms with E-state index >= 15 is 0 Å². The molecule has 2 saturated carbocycles. The third-order valence-corrected chi connectivity index (χ3v) is 10.8. The quantitative estimate of drug-likeness (QED) is 0.326. The Kier molecular flexibility index (Phi) is 5.14. The number of carbonyl (C=O) groups is 1. The number of rotatable bonds is 5. The third kappa shape index (κ3) is 3.93. The fraction of sp³-hybridized carbons (Fsp3) is 0.400. The second kappa shape index (κ2) is 8.51. The topological polar surface area (TPSA) is 133 Å². The van der Waals surface area contributed by atoms with Crippen molar-refractivity contribution in [3.8, 4) is 0 Å². The summed E-state index contributed by atoms with van der Waals surface area (Å²) in [4.78, 5) is 24.9.